The van der Waals surface area contributed by atoms with Gasteiger partial charge in [-0.1, -0.05) is 18.2 Å². The second-order valence-electron chi connectivity index (χ2n) is 6.57. The molecule has 0 N–H and O–H groups in total. The van der Waals surface area contributed by atoms with E-state index in [1.165, 1.54) is 0 Å². The minimum absolute atomic E-state index is 0.168. The van der Waals surface area contributed by atoms with E-state index in [1.54, 1.807) is 24.3 Å². The molecule has 1 aliphatic carbocycles. The Hall–Kier alpha value is -2.40. The monoisotopic (exact) mass is 369 g/mol. The lowest BCUT2D eigenvalue weighted by molar-refractivity contribution is -0.151. The van der Waals surface area contributed by atoms with Gasteiger partial charge in [-0.3, -0.25) is 9.59 Å². The smallest absolute Gasteiger partial charge is 0.317 e. The number of thiophene rings is 1. The standard InChI is InChI=1S/C21H23NO3S/c1-4-25-21(24)20-17(19-9-6-10-26-19)12-15(13-18(20)23)14-7-5-8-16(11-14)22(2)3/h5-11,13,17,20H,4,12H2,1-3H3/t17-,20+/m1/s1. The molecule has 2 atom stereocenters. The summed E-state index contributed by atoms with van der Waals surface area (Å²) in [4.78, 5) is 28.3. The van der Waals surface area contributed by atoms with E-state index < -0.39 is 11.9 Å². The Morgan fingerprint density at radius 2 is 2.08 bits per heavy atom. The second kappa shape index (κ2) is 7.87. The second-order valence-corrected chi connectivity index (χ2v) is 7.55. The van der Waals surface area contributed by atoms with Gasteiger partial charge in [0, 0.05) is 30.6 Å². The van der Waals surface area contributed by atoms with Gasteiger partial charge in [0.1, 0.15) is 5.92 Å². The predicted octanol–water partition coefficient (Wildman–Crippen LogP) is 4.13. The molecule has 1 aliphatic rings. The Balaban J connectivity index is 1.99. The normalized spacial score (nSPS) is 19.8. The highest BCUT2D eigenvalue weighted by Crippen LogP contribution is 2.42. The molecule has 0 amide bonds. The van der Waals surface area contributed by atoms with Crippen LogP contribution < -0.4 is 4.90 Å². The highest BCUT2D eigenvalue weighted by molar-refractivity contribution is 7.10. The summed E-state index contributed by atoms with van der Waals surface area (Å²) in [6, 6.07) is 12.1. The zero-order valence-electron chi connectivity index (χ0n) is 15.3. The lowest BCUT2D eigenvalue weighted by Gasteiger charge is -2.28. The van der Waals surface area contributed by atoms with Gasteiger partial charge < -0.3 is 9.64 Å². The summed E-state index contributed by atoms with van der Waals surface area (Å²) in [7, 11) is 3.98. The Kier molecular flexibility index (Phi) is 5.57. The minimum Gasteiger partial charge on any atom is -0.465 e. The van der Waals surface area contributed by atoms with E-state index in [2.05, 4.69) is 6.07 Å². The Morgan fingerprint density at radius 1 is 1.27 bits per heavy atom. The Bertz CT molecular complexity index is 824. The van der Waals surface area contributed by atoms with Crippen molar-refractivity contribution in [2.45, 2.75) is 19.3 Å². The van der Waals surface area contributed by atoms with E-state index in [-0.39, 0.29) is 18.3 Å². The van der Waals surface area contributed by atoms with Crippen molar-refractivity contribution >= 4 is 34.3 Å². The quantitative estimate of drug-likeness (QED) is 0.587. The zero-order chi connectivity index (χ0) is 18.7. The van der Waals surface area contributed by atoms with E-state index in [9.17, 15) is 9.59 Å². The third-order valence-corrected chi connectivity index (χ3v) is 5.65. The van der Waals surface area contributed by atoms with E-state index in [4.69, 9.17) is 4.74 Å². The molecule has 4 nitrogen and oxygen atoms in total. The molecule has 0 spiro atoms. The SMILES string of the molecule is CCOC(=O)[C@@H]1C(=O)C=C(c2cccc(N(C)C)c2)C[C@@H]1c1cccs1. The van der Waals surface area contributed by atoms with Gasteiger partial charge in [0.15, 0.2) is 5.78 Å². The summed E-state index contributed by atoms with van der Waals surface area (Å²) in [5, 5.41) is 1.98. The molecule has 1 heterocycles. The minimum atomic E-state index is -0.755. The molecule has 136 valence electrons. The van der Waals surface area contributed by atoms with Crippen molar-refractivity contribution in [1.29, 1.82) is 0 Å². The van der Waals surface area contributed by atoms with Crippen molar-refractivity contribution in [2.75, 3.05) is 25.6 Å². The number of ketones is 1. The number of benzene rings is 1. The van der Waals surface area contributed by atoms with Crippen LogP contribution in [-0.2, 0) is 14.3 Å². The first kappa shape index (κ1) is 18.4. The van der Waals surface area contributed by atoms with Crippen LogP contribution in [-0.4, -0.2) is 32.5 Å². The highest BCUT2D eigenvalue weighted by atomic mass is 32.1. The topological polar surface area (TPSA) is 46.6 Å². The van der Waals surface area contributed by atoms with Gasteiger partial charge in [0.05, 0.1) is 6.61 Å². The molecule has 0 aliphatic heterocycles. The van der Waals surface area contributed by atoms with Crippen molar-refractivity contribution in [1.82, 2.24) is 0 Å². The van der Waals surface area contributed by atoms with E-state index in [0.717, 1.165) is 21.7 Å². The van der Waals surface area contributed by atoms with Crippen LogP contribution in [0.2, 0.25) is 0 Å². The van der Waals surface area contributed by atoms with E-state index >= 15 is 0 Å². The largest absolute Gasteiger partial charge is 0.465 e. The van der Waals surface area contributed by atoms with E-state index in [1.807, 2.05) is 54.7 Å². The molecular formula is C21H23NO3S. The molecule has 1 aromatic carbocycles. The molecule has 0 unspecified atom stereocenters. The average molecular weight is 369 g/mol. The third kappa shape index (κ3) is 3.73. The van der Waals surface area contributed by atoms with Crippen LogP contribution in [0.5, 0.6) is 0 Å². The first-order chi connectivity index (χ1) is 12.5. The molecule has 2 aromatic rings. The zero-order valence-corrected chi connectivity index (χ0v) is 16.1. The molecule has 5 heteroatoms. The number of hydrogen-bond acceptors (Lipinski definition) is 5. The van der Waals surface area contributed by atoms with Gasteiger partial charge in [0.25, 0.3) is 0 Å². The number of anilines is 1. The lowest BCUT2D eigenvalue weighted by atomic mass is 9.76. The molecule has 0 fully saturated rings. The number of nitrogens with zero attached hydrogens (tertiary/aromatic N) is 1. The predicted molar refractivity (Wildman–Crippen MR) is 106 cm³/mol. The van der Waals surface area contributed by atoms with Crippen LogP contribution in [0, 0.1) is 5.92 Å². The Labute approximate surface area is 158 Å². The summed E-state index contributed by atoms with van der Waals surface area (Å²) >= 11 is 1.58. The van der Waals surface area contributed by atoms with Crippen molar-refractivity contribution < 1.29 is 14.3 Å². The van der Waals surface area contributed by atoms with Gasteiger partial charge in [-0.2, -0.15) is 0 Å². The summed E-state index contributed by atoms with van der Waals surface area (Å²) in [5.41, 5.74) is 3.07. The van der Waals surface area contributed by atoms with Gasteiger partial charge >= 0.3 is 5.97 Å². The maximum Gasteiger partial charge on any atom is 0.317 e. The number of allylic oxidation sites excluding steroid dienone is 2. The van der Waals surface area contributed by atoms with Crippen LogP contribution in [0.1, 0.15) is 29.7 Å². The maximum atomic E-state index is 12.8. The van der Waals surface area contributed by atoms with Gasteiger partial charge in [-0.25, -0.2) is 0 Å². The lowest BCUT2D eigenvalue weighted by Crippen LogP contribution is -2.33. The fourth-order valence-corrected chi connectivity index (χ4v) is 4.20. The maximum absolute atomic E-state index is 12.8. The summed E-state index contributed by atoms with van der Waals surface area (Å²) in [5.74, 6) is -1.52. The molecule has 0 bridgehead atoms. The van der Waals surface area contributed by atoms with Crippen molar-refractivity contribution in [3.05, 3.63) is 58.3 Å². The molecule has 0 saturated heterocycles. The Morgan fingerprint density at radius 3 is 2.73 bits per heavy atom. The molecule has 3 rings (SSSR count). The fourth-order valence-electron chi connectivity index (χ4n) is 3.34. The highest BCUT2D eigenvalue weighted by Gasteiger charge is 2.40. The number of rotatable bonds is 5. The van der Waals surface area contributed by atoms with Crippen LogP contribution in [0.4, 0.5) is 5.69 Å². The van der Waals surface area contributed by atoms with Gasteiger partial charge in [-0.15, -0.1) is 11.3 Å². The fraction of sp³-hybridized carbons (Fsp3) is 0.333. The summed E-state index contributed by atoms with van der Waals surface area (Å²) < 4.78 is 5.18. The molecule has 0 radical (unpaired) electrons. The van der Waals surface area contributed by atoms with Crippen molar-refractivity contribution in [2.24, 2.45) is 5.92 Å². The molecule has 26 heavy (non-hydrogen) atoms. The van der Waals surface area contributed by atoms with Crippen LogP contribution >= 0.6 is 11.3 Å². The third-order valence-electron chi connectivity index (χ3n) is 4.65. The van der Waals surface area contributed by atoms with Crippen molar-refractivity contribution in [3.63, 3.8) is 0 Å². The molecule has 0 saturated carbocycles. The molecular weight excluding hydrogens is 346 g/mol. The van der Waals surface area contributed by atoms with Crippen molar-refractivity contribution in [3.8, 4) is 0 Å². The summed E-state index contributed by atoms with van der Waals surface area (Å²) in [6.45, 7) is 2.04. The first-order valence-electron chi connectivity index (χ1n) is 8.73. The van der Waals surface area contributed by atoms with Crippen LogP contribution in [0.15, 0.2) is 47.9 Å². The number of carbonyl (C=O) groups excluding carboxylic acids is 2. The van der Waals surface area contributed by atoms with E-state index in [0.29, 0.717) is 6.42 Å². The van der Waals surface area contributed by atoms with Crippen LogP contribution in [0.25, 0.3) is 5.57 Å². The number of hydrogen-bond donors (Lipinski definition) is 0. The first-order valence-corrected chi connectivity index (χ1v) is 9.61. The molecule has 1 aromatic heterocycles. The summed E-state index contributed by atoms with van der Waals surface area (Å²) in [6.07, 6.45) is 2.27. The number of esters is 1. The van der Waals surface area contributed by atoms with Crippen LogP contribution in [0.3, 0.4) is 0 Å². The average Bonchev–Trinajstić information content (AvgIpc) is 3.15. The number of ether oxygens (including phenoxy) is 1. The number of carbonyl (C=O) groups is 2. The van der Waals surface area contributed by atoms with Gasteiger partial charge in [-0.05, 0) is 54.1 Å². The van der Waals surface area contributed by atoms with Gasteiger partial charge in [0.2, 0.25) is 0 Å².